The van der Waals surface area contributed by atoms with Crippen LogP contribution in [0.2, 0.25) is 0 Å². The fourth-order valence-electron chi connectivity index (χ4n) is 4.08. The van der Waals surface area contributed by atoms with E-state index in [9.17, 15) is 0 Å². The summed E-state index contributed by atoms with van der Waals surface area (Å²) in [4.78, 5) is 7.25. The molecular weight excluding hydrogens is 388 g/mol. The van der Waals surface area contributed by atoms with Gasteiger partial charge in [-0.2, -0.15) is 0 Å². The van der Waals surface area contributed by atoms with Crippen LogP contribution in [0.3, 0.4) is 0 Å². The van der Waals surface area contributed by atoms with E-state index in [-0.39, 0.29) is 0 Å². The number of morpholine rings is 1. The molecule has 31 heavy (non-hydrogen) atoms. The summed E-state index contributed by atoms with van der Waals surface area (Å²) >= 11 is 0. The molecule has 2 aromatic carbocycles. The molecule has 0 spiro atoms. The molecular formula is C25H34N4O2. The third kappa shape index (κ3) is 6.45. The van der Waals surface area contributed by atoms with Gasteiger partial charge in [-0.25, -0.2) is 4.99 Å². The molecule has 6 nitrogen and oxygen atoms in total. The number of hydrogen-bond donors (Lipinski definition) is 2. The maximum Gasteiger partial charge on any atom is 0.191 e. The second-order valence-electron chi connectivity index (χ2n) is 8.12. The summed E-state index contributed by atoms with van der Waals surface area (Å²) in [7, 11) is 0. The first kappa shape index (κ1) is 21.7. The Labute approximate surface area is 185 Å². The van der Waals surface area contributed by atoms with Gasteiger partial charge >= 0.3 is 0 Å². The molecule has 4 rings (SSSR count). The highest BCUT2D eigenvalue weighted by atomic mass is 16.5. The van der Waals surface area contributed by atoms with Gasteiger partial charge in [0.2, 0.25) is 0 Å². The molecule has 0 saturated carbocycles. The Balaban J connectivity index is 1.29. The standard InChI is InChI=1S/C25H34N4O2/c1-2-26-25(27-10-8-20-6-7-24-23(17-20)9-13-31-24)28-18-21-4-3-5-22(16-21)19-29-11-14-30-15-12-29/h3-7,16-17H,2,8-15,18-19H2,1H3,(H2,26,27,28). The number of ether oxygens (including phenoxy) is 2. The van der Waals surface area contributed by atoms with E-state index in [0.29, 0.717) is 6.54 Å². The normalized spacial score (nSPS) is 16.6. The molecule has 2 N–H and O–H groups in total. The van der Waals surface area contributed by atoms with Crippen molar-refractivity contribution in [3.8, 4) is 5.75 Å². The highest BCUT2D eigenvalue weighted by Gasteiger charge is 2.12. The smallest absolute Gasteiger partial charge is 0.191 e. The number of fused-ring (bicyclic) bond motifs is 1. The monoisotopic (exact) mass is 422 g/mol. The van der Waals surface area contributed by atoms with E-state index in [2.05, 4.69) is 64.9 Å². The molecule has 2 aromatic rings. The third-order valence-electron chi connectivity index (χ3n) is 5.73. The molecule has 2 aliphatic rings. The Kier molecular flexibility index (Phi) is 7.80. The SMILES string of the molecule is CCNC(=NCc1cccc(CN2CCOCC2)c1)NCCc1ccc2c(c1)CCO2. The van der Waals surface area contributed by atoms with E-state index < -0.39 is 0 Å². The van der Waals surface area contributed by atoms with Crippen molar-refractivity contribution in [2.24, 2.45) is 4.99 Å². The number of guanidine groups is 1. The average molecular weight is 423 g/mol. The molecule has 0 unspecified atom stereocenters. The zero-order chi connectivity index (χ0) is 21.3. The van der Waals surface area contributed by atoms with Crippen molar-refractivity contribution in [2.45, 2.75) is 32.9 Å². The molecule has 1 fully saturated rings. The third-order valence-corrected chi connectivity index (χ3v) is 5.73. The molecule has 0 amide bonds. The van der Waals surface area contributed by atoms with Crippen LogP contribution < -0.4 is 15.4 Å². The molecule has 0 radical (unpaired) electrons. The van der Waals surface area contributed by atoms with Crippen molar-refractivity contribution in [3.05, 3.63) is 64.7 Å². The lowest BCUT2D eigenvalue weighted by Crippen LogP contribution is -2.38. The Morgan fingerprint density at radius 1 is 1.00 bits per heavy atom. The van der Waals surface area contributed by atoms with Crippen LogP contribution in [0.5, 0.6) is 5.75 Å². The van der Waals surface area contributed by atoms with Gasteiger partial charge in [-0.05, 0) is 41.7 Å². The second kappa shape index (κ2) is 11.2. The molecule has 0 aromatic heterocycles. The van der Waals surface area contributed by atoms with Gasteiger partial charge in [-0.3, -0.25) is 4.90 Å². The summed E-state index contributed by atoms with van der Waals surface area (Å²) in [5, 5.41) is 6.83. The molecule has 2 aliphatic heterocycles. The highest BCUT2D eigenvalue weighted by Crippen LogP contribution is 2.25. The van der Waals surface area contributed by atoms with Crippen LogP contribution in [0.15, 0.2) is 47.5 Å². The second-order valence-corrected chi connectivity index (χ2v) is 8.12. The zero-order valence-electron chi connectivity index (χ0n) is 18.5. The van der Waals surface area contributed by atoms with Crippen LogP contribution in [-0.2, 0) is 30.7 Å². The topological polar surface area (TPSA) is 58.1 Å². The van der Waals surface area contributed by atoms with E-state index in [1.165, 1.54) is 22.3 Å². The molecule has 0 atom stereocenters. The molecule has 0 bridgehead atoms. The largest absolute Gasteiger partial charge is 0.493 e. The molecule has 2 heterocycles. The summed E-state index contributed by atoms with van der Waals surface area (Å²) < 4.78 is 11.0. The van der Waals surface area contributed by atoms with Crippen molar-refractivity contribution in [1.29, 1.82) is 0 Å². The quantitative estimate of drug-likeness (QED) is 0.506. The fourth-order valence-corrected chi connectivity index (χ4v) is 4.08. The minimum Gasteiger partial charge on any atom is -0.493 e. The van der Waals surface area contributed by atoms with Crippen LogP contribution in [0.1, 0.15) is 29.2 Å². The van der Waals surface area contributed by atoms with Crippen LogP contribution in [0, 0.1) is 0 Å². The first-order valence-corrected chi connectivity index (χ1v) is 11.4. The fraction of sp³-hybridized carbons (Fsp3) is 0.480. The number of nitrogens with one attached hydrogen (secondary N) is 2. The first-order valence-electron chi connectivity index (χ1n) is 11.4. The van der Waals surface area contributed by atoms with Gasteiger partial charge in [0.05, 0.1) is 26.4 Å². The Hall–Kier alpha value is -2.57. The van der Waals surface area contributed by atoms with Crippen LogP contribution in [0.25, 0.3) is 0 Å². The number of benzene rings is 2. The minimum atomic E-state index is 0.669. The maximum atomic E-state index is 5.60. The average Bonchev–Trinajstić information content (AvgIpc) is 3.26. The van der Waals surface area contributed by atoms with Crippen molar-refractivity contribution in [2.75, 3.05) is 46.0 Å². The van der Waals surface area contributed by atoms with Gasteiger partial charge in [0.15, 0.2) is 5.96 Å². The van der Waals surface area contributed by atoms with E-state index in [1.54, 1.807) is 0 Å². The van der Waals surface area contributed by atoms with Gasteiger partial charge in [0, 0.05) is 39.1 Å². The Morgan fingerprint density at radius 3 is 2.74 bits per heavy atom. The Morgan fingerprint density at radius 2 is 1.87 bits per heavy atom. The van der Waals surface area contributed by atoms with Gasteiger partial charge in [-0.1, -0.05) is 36.4 Å². The lowest BCUT2D eigenvalue weighted by molar-refractivity contribution is 0.0342. The van der Waals surface area contributed by atoms with E-state index in [4.69, 9.17) is 14.5 Å². The summed E-state index contributed by atoms with van der Waals surface area (Å²) in [5.41, 5.74) is 5.24. The van der Waals surface area contributed by atoms with Crippen molar-refractivity contribution >= 4 is 5.96 Å². The predicted octanol–water partition coefficient (Wildman–Crippen LogP) is 2.75. The number of nitrogens with zero attached hydrogens (tertiary/aromatic N) is 2. The van der Waals surface area contributed by atoms with Gasteiger partial charge in [-0.15, -0.1) is 0 Å². The molecule has 1 saturated heterocycles. The zero-order valence-corrected chi connectivity index (χ0v) is 18.5. The van der Waals surface area contributed by atoms with Crippen LogP contribution in [0.4, 0.5) is 0 Å². The van der Waals surface area contributed by atoms with Gasteiger partial charge < -0.3 is 20.1 Å². The van der Waals surface area contributed by atoms with Crippen molar-refractivity contribution in [1.82, 2.24) is 15.5 Å². The Bertz CT molecular complexity index is 878. The molecule has 0 aliphatic carbocycles. The van der Waals surface area contributed by atoms with E-state index in [0.717, 1.165) is 77.1 Å². The van der Waals surface area contributed by atoms with Crippen LogP contribution in [-0.4, -0.2) is 56.9 Å². The van der Waals surface area contributed by atoms with Crippen LogP contribution >= 0.6 is 0 Å². The first-order chi connectivity index (χ1) is 15.3. The minimum absolute atomic E-state index is 0.669. The molecule has 6 heteroatoms. The lowest BCUT2D eigenvalue weighted by atomic mass is 10.1. The summed E-state index contributed by atoms with van der Waals surface area (Å²) in [6.07, 6.45) is 1.98. The lowest BCUT2D eigenvalue weighted by Gasteiger charge is -2.26. The van der Waals surface area contributed by atoms with E-state index >= 15 is 0 Å². The summed E-state index contributed by atoms with van der Waals surface area (Å²) in [6, 6.07) is 15.3. The highest BCUT2D eigenvalue weighted by molar-refractivity contribution is 5.79. The number of aliphatic imine (C=N–C) groups is 1. The van der Waals surface area contributed by atoms with Crippen molar-refractivity contribution < 1.29 is 9.47 Å². The van der Waals surface area contributed by atoms with Gasteiger partial charge in [0.25, 0.3) is 0 Å². The predicted molar refractivity (Wildman–Crippen MR) is 125 cm³/mol. The summed E-state index contributed by atoms with van der Waals surface area (Å²) in [6.45, 7) is 9.93. The maximum absolute atomic E-state index is 5.60. The van der Waals surface area contributed by atoms with E-state index in [1.807, 2.05) is 0 Å². The number of hydrogen-bond acceptors (Lipinski definition) is 4. The number of rotatable bonds is 8. The molecule has 166 valence electrons. The van der Waals surface area contributed by atoms with Crippen molar-refractivity contribution in [3.63, 3.8) is 0 Å². The summed E-state index contributed by atoms with van der Waals surface area (Å²) in [5.74, 6) is 1.91. The van der Waals surface area contributed by atoms with Gasteiger partial charge in [0.1, 0.15) is 5.75 Å².